The molecule has 3 rings (SSSR count). The lowest BCUT2D eigenvalue weighted by atomic mass is 10.2. The summed E-state index contributed by atoms with van der Waals surface area (Å²) >= 11 is 0. The van der Waals surface area contributed by atoms with Crippen molar-refractivity contribution in [3.8, 4) is 17.1 Å². The van der Waals surface area contributed by atoms with Crippen molar-refractivity contribution >= 4 is 0 Å². The summed E-state index contributed by atoms with van der Waals surface area (Å²) in [6, 6.07) is 15.6. The summed E-state index contributed by atoms with van der Waals surface area (Å²) in [4.78, 5) is 0. The normalized spacial score (nSPS) is 10.7. The van der Waals surface area contributed by atoms with Crippen LogP contribution in [0.4, 0.5) is 4.39 Å². The lowest BCUT2D eigenvalue weighted by Crippen LogP contribution is -2.03. The monoisotopic (exact) mass is 269 g/mol. The molecule has 0 amide bonds. The predicted molar refractivity (Wildman–Crippen MR) is 72.7 cm³/mol. The largest absolute Gasteiger partial charge is 0.388 e. The number of rotatable bonds is 3. The zero-order valence-corrected chi connectivity index (χ0v) is 10.6. The van der Waals surface area contributed by atoms with Gasteiger partial charge in [-0.25, -0.2) is 4.39 Å². The molecule has 4 nitrogen and oxygen atoms in total. The molecule has 0 unspecified atom stereocenters. The van der Waals surface area contributed by atoms with Crippen molar-refractivity contribution in [2.75, 3.05) is 0 Å². The van der Waals surface area contributed by atoms with Crippen molar-refractivity contribution < 1.29 is 9.50 Å². The highest BCUT2D eigenvalue weighted by molar-refractivity contribution is 5.58. The van der Waals surface area contributed by atoms with E-state index in [-0.39, 0.29) is 12.4 Å². The van der Waals surface area contributed by atoms with Crippen molar-refractivity contribution in [1.29, 1.82) is 0 Å². The van der Waals surface area contributed by atoms with Crippen LogP contribution < -0.4 is 0 Å². The highest BCUT2D eigenvalue weighted by Crippen LogP contribution is 2.23. The quantitative estimate of drug-likeness (QED) is 0.795. The third kappa shape index (κ3) is 2.19. The molecule has 2 aromatic carbocycles. The SMILES string of the molecule is OCc1nnc(-c2cccc(F)c2)n1-c1ccccc1. The van der Waals surface area contributed by atoms with Gasteiger partial charge in [0, 0.05) is 11.3 Å². The van der Waals surface area contributed by atoms with E-state index in [0.29, 0.717) is 17.2 Å². The molecule has 100 valence electrons. The molecule has 1 aromatic heterocycles. The van der Waals surface area contributed by atoms with Gasteiger partial charge in [0.25, 0.3) is 0 Å². The maximum absolute atomic E-state index is 13.4. The first kappa shape index (κ1) is 12.5. The second-order valence-corrected chi connectivity index (χ2v) is 4.28. The van der Waals surface area contributed by atoms with Crippen LogP contribution in [0.25, 0.3) is 17.1 Å². The number of aliphatic hydroxyl groups is 1. The predicted octanol–water partition coefficient (Wildman–Crippen LogP) is 2.57. The molecule has 0 saturated carbocycles. The van der Waals surface area contributed by atoms with Crippen LogP contribution in [0.3, 0.4) is 0 Å². The number of hydrogen-bond donors (Lipinski definition) is 1. The van der Waals surface area contributed by atoms with Crippen molar-refractivity contribution in [1.82, 2.24) is 14.8 Å². The number of nitrogens with zero attached hydrogens (tertiary/aromatic N) is 3. The molecule has 0 spiro atoms. The minimum atomic E-state index is -0.337. The van der Waals surface area contributed by atoms with E-state index in [2.05, 4.69) is 10.2 Å². The smallest absolute Gasteiger partial charge is 0.168 e. The van der Waals surface area contributed by atoms with E-state index in [4.69, 9.17) is 0 Å². The summed E-state index contributed by atoms with van der Waals surface area (Å²) in [5.41, 5.74) is 1.43. The van der Waals surface area contributed by atoms with E-state index in [1.54, 1.807) is 16.7 Å². The standard InChI is InChI=1S/C15H12FN3O/c16-12-6-4-5-11(9-12)15-18-17-14(10-20)19(15)13-7-2-1-3-8-13/h1-9,20H,10H2. The van der Waals surface area contributed by atoms with Crippen LogP contribution in [0.5, 0.6) is 0 Å². The van der Waals surface area contributed by atoms with Gasteiger partial charge in [0.15, 0.2) is 11.6 Å². The van der Waals surface area contributed by atoms with E-state index >= 15 is 0 Å². The van der Waals surface area contributed by atoms with Crippen LogP contribution in [-0.4, -0.2) is 19.9 Å². The minimum Gasteiger partial charge on any atom is -0.388 e. The van der Waals surface area contributed by atoms with Gasteiger partial charge in [-0.05, 0) is 24.3 Å². The average Bonchev–Trinajstić information content (AvgIpc) is 2.92. The Morgan fingerprint density at radius 1 is 1.00 bits per heavy atom. The van der Waals surface area contributed by atoms with Gasteiger partial charge < -0.3 is 5.11 Å². The van der Waals surface area contributed by atoms with Gasteiger partial charge in [-0.1, -0.05) is 30.3 Å². The van der Waals surface area contributed by atoms with E-state index in [0.717, 1.165) is 5.69 Å². The zero-order valence-electron chi connectivity index (χ0n) is 10.6. The number of aliphatic hydroxyl groups excluding tert-OH is 1. The summed E-state index contributed by atoms with van der Waals surface area (Å²) < 4.78 is 15.1. The molecule has 1 heterocycles. The molecule has 0 aliphatic heterocycles. The molecule has 1 N–H and O–H groups in total. The van der Waals surface area contributed by atoms with Crippen molar-refractivity contribution in [3.05, 3.63) is 66.2 Å². The van der Waals surface area contributed by atoms with Crippen LogP contribution in [0.15, 0.2) is 54.6 Å². The maximum atomic E-state index is 13.4. The molecular formula is C15H12FN3O. The second kappa shape index (κ2) is 5.22. The van der Waals surface area contributed by atoms with Crippen molar-refractivity contribution in [2.45, 2.75) is 6.61 Å². The van der Waals surface area contributed by atoms with Gasteiger partial charge in [-0.3, -0.25) is 4.57 Å². The maximum Gasteiger partial charge on any atom is 0.168 e. The molecule has 5 heteroatoms. The Labute approximate surface area is 115 Å². The molecule has 0 aliphatic rings. The average molecular weight is 269 g/mol. The van der Waals surface area contributed by atoms with Gasteiger partial charge in [0.05, 0.1) is 0 Å². The molecule has 3 aromatic rings. The highest BCUT2D eigenvalue weighted by Gasteiger charge is 2.14. The fourth-order valence-corrected chi connectivity index (χ4v) is 2.08. The number of benzene rings is 2. The van der Waals surface area contributed by atoms with Crippen molar-refractivity contribution in [2.24, 2.45) is 0 Å². The van der Waals surface area contributed by atoms with Gasteiger partial charge in [-0.15, -0.1) is 10.2 Å². The Morgan fingerprint density at radius 3 is 2.50 bits per heavy atom. The topological polar surface area (TPSA) is 50.9 Å². The Kier molecular flexibility index (Phi) is 3.26. The molecule has 0 aliphatic carbocycles. The first-order chi connectivity index (χ1) is 9.79. The first-order valence-corrected chi connectivity index (χ1v) is 6.16. The highest BCUT2D eigenvalue weighted by atomic mass is 19.1. The third-order valence-corrected chi connectivity index (χ3v) is 2.97. The van der Waals surface area contributed by atoms with E-state index in [1.807, 2.05) is 30.3 Å². The van der Waals surface area contributed by atoms with Crippen LogP contribution in [0.2, 0.25) is 0 Å². The summed E-state index contributed by atoms with van der Waals surface area (Å²) in [6.07, 6.45) is 0. The number of halogens is 1. The summed E-state index contributed by atoms with van der Waals surface area (Å²) in [7, 11) is 0. The lowest BCUT2D eigenvalue weighted by Gasteiger charge is -2.09. The molecule has 0 bridgehead atoms. The molecule has 0 saturated heterocycles. The van der Waals surface area contributed by atoms with Crippen molar-refractivity contribution in [3.63, 3.8) is 0 Å². The Morgan fingerprint density at radius 2 is 1.80 bits per heavy atom. The van der Waals surface area contributed by atoms with Crippen LogP contribution in [-0.2, 0) is 6.61 Å². The van der Waals surface area contributed by atoms with Crippen LogP contribution >= 0.6 is 0 Å². The molecule has 0 radical (unpaired) electrons. The zero-order chi connectivity index (χ0) is 13.9. The molecule has 0 fully saturated rings. The Hall–Kier alpha value is -2.53. The van der Waals surface area contributed by atoms with Gasteiger partial charge in [0.2, 0.25) is 0 Å². The van der Waals surface area contributed by atoms with E-state index in [9.17, 15) is 9.50 Å². The van der Waals surface area contributed by atoms with Gasteiger partial charge in [0.1, 0.15) is 12.4 Å². The summed E-state index contributed by atoms with van der Waals surface area (Å²) in [6.45, 7) is -0.239. The molecule has 0 atom stereocenters. The number of aromatic nitrogens is 3. The van der Waals surface area contributed by atoms with Gasteiger partial charge in [-0.2, -0.15) is 0 Å². The fraction of sp³-hybridized carbons (Fsp3) is 0.0667. The van der Waals surface area contributed by atoms with Gasteiger partial charge >= 0.3 is 0 Å². The summed E-state index contributed by atoms with van der Waals surface area (Å²) in [5.74, 6) is 0.575. The minimum absolute atomic E-state index is 0.239. The van der Waals surface area contributed by atoms with Crippen LogP contribution in [0, 0.1) is 5.82 Å². The molecule has 20 heavy (non-hydrogen) atoms. The van der Waals surface area contributed by atoms with Crippen LogP contribution in [0.1, 0.15) is 5.82 Å². The lowest BCUT2D eigenvalue weighted by molar-refractivity contribution is 0.269. The second-order valence-electron chi connectivity index (χ2n) is 4.28. The Bertz CT molecular complexity index is 725. The number of para-hydroxylation sites is 1. The Balaban J connectivity index is 2.20. The first-order valence-electron chi connectivity index (χ1n) is 6.16. The third-order valence-electron chi connectivity index (χ3n) is 2.97. The molecular weight excluding hydrogens is 257 g/mol. The fourth-order valence-electron chi connectivity index (χ4n) is 2.08. The van der Waals surface area contributed by atoms with E-state index < -0.39 is 0 Å². The van der Waals surface area contributed by atoms with E-state index in [1.165, 1.54) is 12.1 Å². The number of hydrogen-bond acceptors (Lipinski definition) is 3. The summed E-state index contributed by atoms with van der Waals surface area (Å²) in [5, 5.41) is 17.4.